The van der Waals surface area contributed by atoms with Gasteiger partial charge in [0.15, 0.2) is 6.10 Å². The number of esters is 1. The van der Waals surface area contributed by atoms with Gasteiger partial charge in [0.05, 0.1) is 17.5 Å². The number of hydrogen-bond acceptors (Lipinski definition) is 4. The van der Waals surface area contributed by atoms with Crippen LogP contribution in [0.2, 0.25) is 0 Å². The van der Waals surface area contributed by atoms with Crippen molar-refractivity contribution in [2.24, 2.45) is 7.05 Å². The Kier molecular flexibility index (Phi) is 3.55. The maximum absolute atomic E-state index is 12.2. The molecule has 0 saturated carbocycles. The van der Waals surface area contributed by atoms with Gasteiger partial charge in [0.2, 0.25) is 0 Å². The molecule has 0 aliphatic carbocycles. The van der Waals surface area contributed by atoms with E-state index in [0.717, 1.165) is 11.3 Å². The van der Waals surface area contributed by atoms with Crippen LogP contribution < -0.4 is 0 Å². The second-order valence-corrected chi connectivity index (χ2v) is 4.59. The van der Waals surface area contributed by atoms with Crippen molar-refractivity contribution in [3.63, 3.8) is 0 Å². The number of carbonyl (C=O) groups is 1. The lowest BCUT2D eigenvalue weighted by Gasteiger charge is -2.18. The van der Waals surface area contributed by atoms with E-state index in [-0.39, 0.29) is 0 Å². The summed E-state index contributed by atoms with van der Waals surface area (Å²) in [5, 5.41) is 4.14. The highest BCUT2D eigenvalue weighted by molar-refractivity contribution is 5.89. The highest BCUT2D eigenvalue weighted by Gasteiger charge is 2.23. The number of ether oxygens (including phenoxy) is 1. The van der Waals surface area contributed by atoms with Crippen LogP contribution in [0.4, 0.5) is 0 Å². The molecule has 0 aliphatic heterocycles. The SMILES string of the molecule is Cn1nccc1[C@@H](OC(=O)c1ccoc1)c1ccccc1. The van der Waals surface area contributed by atoms with Gasteiger partial charge in [0, 0.05) is 13.2 Å². The van der Waals surface area contributed by atoms with E-state index in [1.165, 1.54) is 12.5 Å². The Bertz CT molecular complexity index is 717. The molecule has 5 heteroatoms. The van der Waals surface area contributed by atoms with Crippen molar-refractivity contribution in [2.75, 3.05) is 0 Å². The van der Waals surface area contributed by atoms with E-state index >= 15 is 0 Å². The number of aryl methyl sites for hydroxylation is 1. The van der Waals surface area contributed by atoms with Gasteiger partial charge in [-0.3, -0.25) is 4.68 Å². The fourth-order valence-corrected chi connectivity index (χ4v) is 2.12. The lowest BCUT2D eigenvalue weighted by molar-refractivity contribution is 0.0363. The minimum Gasteiger partial charge on any atom is -0.472 e. The number of benzene rings is 1. The summed E-state index contributed by atoms with van der Waals surface area (Å²) < 4.78 is 12.3. The molecule has 0 fully saturated rings. The largest absolute Gasteiger partial charge is 0.472 e. The minimum absolute atomic E-state index is 0.387. The third-order valence-electron chi connectivity index (χ3n) is 3.21. The molecule has 3 rings (SSSR count). The van der Waals surface area contributed by atoms with E-state index in [1.54, 1.807) is 16.9 Å². The Morgan fingerprint density at radius 3 is 2.67 bits per heavy atom. The third kappa shape index (κ3) is 2.72. The van der Waals surface area contributed by atoms with Gasteiger partial charge in [-0.15, -0.1) is 0 Å². The molecule has 5 nitrogen and oxygen atoms in total. The molecule has 0 unspecified atom stereocenters. The van der Waals surface area contributed by atoms with Crippen LogP contribution in [0, 0.1) is 0 Å². The molecule has 1 aromatic carbocycles. The third-order valence-corrected chi connectivity index (χ3v) is 3.21. The van der Waals surface area contributed by atoms with Gasteiger partial charge < -0.3 is 9.15 Å². The maximum atomic E-state index is 12.2. The molecule has 0 bridgehead atoms. The van der Waals surface area contributed by atoms with Gasteiger partial charge >= 0.3 is 5.97 Å². The first-order chi connectivity index (χ1) is 10.3. The predicted molar refractivity (Wildman–Crippen MR) is 75.6 cm³/mol. The Labute approximate surface area is 121 Å². The van der Waals surface area contributed by atoms with Crippen LogP contribution in [0.15, 0.2) is 65.6 Å². The quantitative estimate of drug-likeness (QED) is 0.690. The zero-order valence-corrected chi connectivity index (χ0v) is 11.5. The predicted octanol–water partition coefficient (Wildman–Crippen LogP) is 2.96. The van der Waals surface area contributed by atoms with Crippen LogP contribution in [0.25, 0.3) is 0 Å². The monoisotopic (exact) mass is 282 g/mol. The van der Waals surface area contributed by atoms with Crippen LogP contribution in [0.5, 0.6) is 0 Å². The Balaban J connectivity index is 1.94. The topological polar surface area (TPSA) is 57.3 Å². The van der Waals surface area contributed by atoms with Crippen LogP contribution >= 0.6 is 0 Å². The normalized spacial score (nSPS) is 12.0. The van der Waals surface area contributed by atoms with Crippen LogP contribution in [0.1, 0.15) is 27.7 Å². The first-order valence-corrected chi connectivity index (χ1v) is 6.52. The molecule has 3 aromatic rings. The summed E-state index contributed by atoms with van der Waals surface area (Å²) in [6.07, 6.45) is 3.98. The van der Waals surface area contributed by atoms with Crippen molar-refractivity contribution in [1.82, 2.24) is 9.78 Å². The molecule has 21 heavy (non-hydrogen) atoms. The van der Waals surface area contributed by atoms with Gasteiger partial charge in [-0.05, 0) is 17.7 Å². The Morgan fingerprint density at radius 2 is 2.05 bits per heavy atom. The van der Waals surface area contributed by atoms with E-state index in [1.807, 2.05) is 43.4 Å². The molecule has 106 valence electrons. The van der Waals surface area contributed by atoms with Crippen LogP contribution in [0.3, 0.4) is 0 Å². The zero-order valence-electron chi connectivity index (χ0n) is 11.5. The standard InChI is InChI=1S/C16H14N2O3/c1-18-14(7-9-17-18)15(12-5-3-2-4-6-12)21-16(19)13-8-10-20-11-13/h2-11,15H,1H3/t15-/m0/s1. The summed E-state index contributed by atoms with van der Waals surface area (Å²) in [6.45, 7) is 0. The summed E-state index contributed by atoms with van der Waals surface area (Å²) >= 11 is 0. The fraction of sp³-hybridized carbons (Fsp3) is 0.125. The molecule has 0 spiro atoms. The Hall–Kier alpha value is -2.82. The number of hydrogen-bond donors (Lipinski definition) is 0. The number of nitrogens with zero attached hydrogens (tertiary/aromatic N) is 2. The molecule has 2 heterocycles. The number of rotatable bonds is 4. The van der Waals surface area contributed by atoms with Gasteiger partial charge in [-0.25, -0.2) is 4.79 Å². The van der Waals surface area contributed by atoms with Crippen molar-refractivity contribution >= 4 is 5.97 Å². The summed E-state index contributed by atoms with van der Waals surface area (Å²) in [5.74, 6) is -0.432. The zero-order chi connectivity index (χ0) is 14.7. The average Bonchev–Trinajstić information content (AvgIpc) is 3.17. The lowest BCUT2D eigenvalue weighted by Crippen LogP contribution is -2.15. The highest BCUT2D eigenvalue weighted by Crippen LogP contribution is 2.26. The number of aromatic nitrogens is 2. The van der Waals surface area contributed by atoms with Crippen molar-refractivity contribution in [3.8, 4) is 0 Å². The summed E-state index contributed by atoms with van der Waals surface area (Å²) in [6, 6.07) is 13.0. The van der Waals surface area contributed by atoms with Gasteiger partial charge in [0.1, 0.15) is 6.26 Å². The van der Waals surface area contributed by atoms with E-state index in [2.05, 4.69) is 5.10 Å². The smallest absolute Gasteiger partial charge is 0.342 e. The van der Waals surface area contributed by atoms with Crippen molar-refractivity contribution < 1.29 is 13.9 Å². The molecule has 0 radical (unpaired) electrons. The fourth-order valence-electron chi connectivity index (χ4n) is 2.12. The van der Waals surface area contributed by atoms with E-state index in [4.69, 9.17) is 9.15 Å². The van der Waals surface area contributed by atoms with Crippen LogP contribution in [-0.2, 0) is 11.8 Å². The summed E-state index contributed by atoms with van der Waals surface area (Å²) in [7, 11) is 1.82. The first-order valence-electron chi connectivity index (χ1n) is 6.52. The van der Waals surface area contributed by atoms with E-state index in [9.17, 15) is 4.79 Å². The minimum atomic E-state index is -0.513. The van der Waals surface area contributed by atoms with Gasteiger partial charge in [-0.1, -0.05) is 30.3 Å². The maximum Gasteiger partial charge on any atom is 0.342 e. The molecule has 0 aliphatic rings. The van der Waals surface area contributed by atoms with E-state index < -0.39 is 12.1 Å². The van der Waals surface area contributed by atoms with Gasteiger partial charge in [-0.2, -0.15) is 5.10 Å². The second-order valence-electron chi connectivity index (χ2n) is 4.59. The number of carbonyl (C=O) groups excluding carboxylic acids is 1. The van der Waals surface area contributed by atoms with Gasteiger partial charge in [0.25, 0.3) is 0 Å². The molecular formula is C16H14N2O3. The molecular weight excluding hydrogens is 268 g/mol. The molecule has 0 saturated heterocycles. The molecule has 0 N–H and O–H groups in total. The second kappa shape index (κ2) is 5.66. The number of furan rings is 1. The van der Waals surface area contributed by atoms with Crippen molar-refractivity contribution in [2.45, 2.75) is 6.10 Å². The Morgan fingerprint density at radius 1 is 1.24 bits per heavy atom. The van der Waals surface area contributed by atoms with Crippen molar-refractivity contribution in [3.05, 3.63) is 78.0 Å². The molecule has 1 atom stereocenters. The lowest BCUT2D eigenvalue weighted by atomic mass is 10.1. The first kappa shape index (κ1) is 13.2. The van der Waals surface area contributed by atoms with Crippen molar-refractivity contribution in [1.29, 1.82) is 0 Å². The summed E-state index contributed by atoms with van der Waals surface area (Å²) in [5.41, 5.74) is 2.08. The molecule has 0 amide bonds. The van der Waals surface area contributed by atoms with Crippen LogP contribution in [-0.4, -0.2) is 15.7 Å². The van der Waals surface area contributed by atoms with E-state index in [0.29, 0.717) is 5.56 Å². The highest BCUT2D eigenvalue weighted by atomic mass is 16.5. The molecule has 2 aromatic heterocycles. The average molecular weight is 282 g/mol. The summed E-state index contributed by atoms with van der Waals surface area (Å²) in [4.78, 5) is 12.2.